The van der Waals surface area contributed by atoms with Crippen molar-refractivity contribution < 1.29 is 18.3 Å². The van der Waals surface area contributed by atoms with Crippen molar-refractivity contribution in [2.75, 3.05) is 6.54 Å². The van der Waals surface area contributed by atoms with Gasteiger partial charge in [0.1, 0.15) is 9.77 Å². The number of sulfonamides is 1. The molecule has 1 aliphatic heterocycles. The summed E-state index contributed by atoms with van der Waals surface area (Å²) >= 11 is 4.10. The van der Waals surface area contributed by atoms with Crippen molar-refractivity contribution in [3.8, 4) is 0 Å². The molecule has 1 aromatic rings. The normalized spacial score (nSPS) is 24.8. The van der Waals surface area contributed by atoms with Crippen molar-refractivity contribution in [2.45, 2.75) is 37.6 Å². The van der Waals surface area contributed by atoms with Crippen LogP contribution in [0.25, 0.3) is 0 Å². The molecule has 0 aromatic carbocycles. The Labute approximate surface area is 130 Å². The summed E-state index contributed by atoms with van der Waals surface area (Å²) in [5, 5.41) is 8.97. The predicted molar refractivity (Wildman–Crippen MR) is 80.7 cm³/mol. The standard InChI is InChI=1S/C12H16BrNO4S2/c1-7-3-4-14(8(2)5-7)20(17,18)10-6-9(12(15)16)19-11(10)13/h6-8H,3-5H2,1-2H3,(H,15,16). The summed E-state index contributed by atoms with van der Waals surface area (Å²) in [5.74, 6) is -0.602. The first-order valence-electron chi connectivity index (χ1n) is 6.28. The second-order valence-corrected chi connectivity index (χ2v) is 9.38. The Morgan fingerprint density at radius 3 is 2.65 bits per heavy atom. The van der Waals surface area contributed by atoms with Crippen LogP contribution in [-0.2, 0) is 10.0 Å². The van der Waals surface area contributed by atoms with E-state index in [2.05, 4.69) is 22.9 Å². The molecule has 0 radical (unpaired) electrons. The van der Waals surface area contributed by atoms with Crippen LogP contribution in [-0.4, -0.2) is 36.4 Å². The summed E-state index contributed by atoms with van der Waals surface area (Å²) in [5.41, 5.74) is 0. The largest absolute Gasteiger partial charge is 0.477 e. The van der Waals surface area contributed by atoms with Gasteiger partial charge < -0.3 is 5.11 Å². The molecule has 1 fully saturated rings. The van der Waals surface area contributed by atoms with E-state index in [1.54, 1.807) is 0 Å². The highest BCUT2D eigenvalue weighted by Crippen LogP contribution is 2.36. The first-order valence-corrected chi connectivity index (χ1v) is 9.33. The first-order chi connectivity index (χ1) is 9.23. The second-order valence-electron chi connectivity index (χ2n) is 5.15. The van der Waals surface area contributed by atoms with E-state index in [9.17, 15) is 13.2 Å². The van der Waals surface area contributed by atoms with E-state index in [1.165, 1.54) is 10.4 Å². The van der Waals surface area contributed by atoms with Gasteiger partial charge in [0.2, 0.25) is 10.0 Å². The van der Waals surface area contributed by atoms with Gasteiger partial charge in [-0.15, -0.1) is 11.3 Å². The zero-order valence-corrected chi connectivity index (χ0v) is 14.4. The third-order valence-electron chi connectivity index (χ3n) is 3.53. The Hall–Kier alpha value is -0.440. The van der Waals surface area contributed by atoms with Crippen molar-refractivity contribution in [2.24, 2.45) is 5.92 Å². The van der Waals surface area contributed by atoms with E-state index in [0.29, 0.717) is 16.2 Å². The number of thiophene rings is 1. The maximum absolute atomic E-state index is 12.7. The number of carboxylic acid groups (broad SMARTS) is 1. The van der Waals surface area contributed by atoms with Gasteiger partial charge >= 0.3 is 5.97 Å². The summed E-state index contributed by atoms with van der Waals surface area (Å²) in [6.45, 7) is 4.49. The number of carboxylic acids is 1. The lowest BCUT2D eigenvalue weighted by molar-refractivity contribution is 0.0702. The minimum absolute atomic E-state index is 0.0217. The third kappa shape index (κ3) is 2.93. The minimum Gasteiger partial charge on any atom is -0.477 e. The SMILES string of the molecule is CC1CCN(S(=O)(=O)c2cc(C(=O)O)sc2Br)C(C)C1. The van der Waals surface area contributed by atoms with Gasteiger partial charge in [-0.25, -0.2) is 13.2 Å². The minimum atomic E-state index is -3.64. The van der Waals surface area contributed by atoms with E-state index in [-0.39, 0.29) is 15.8 Å². The summed E-state index contributed by atoms with van der Waals surface area (Å²) in [7, 11) is -3.64. The fourth-order valence-electron chi connectivity index (χ4n) is 2.50. The van der Waals surface area contributed by atoms with Crippen molar-refractivity contribution in [3.63, 3.8) is 0 Å². The molecular formula is C12H16BrNO4S2. The summed E-state index contributed by atoms with van der Waals surface area (Å²) in [6.07, 6.45) is 1.66. The number of halogens is 1. The van der Waals surface area contributed by atoms with Crippen LogP contribution >= 0.6 is 27.3 Å². The maximum atomic E-state index is 12.7. The van der Waals surface area contributed by atoms with Crippen LogP contribution in [0, 0.1) is 5.92 Å². The Morgan fingerprint density at radius 1 is 1.50 bits per heavy atom. The molecule has 1 N–H and O–H groups in total. The van der Waals surface area contributed by atoms with Crippen LogP contribution < -0.4 is 0 Å². The first kappa shape index (κ1) is 15.9. The number of rotatable bonds is 3. The van der Waals surface area contributed by atoms with Crippen molar-refractivity contribution >= 4 is 43.3 Å². The average Bonchev–Trinajstić information content (AvgIpc) is 2.71. The molecule has 20 heavy (non-hydrogen) atoms. The van der Waals surface area contributed by atoms with Crippen LogP contribution in [0.2, 0.25) is 0 Å². The smallest absolute Gasteiger partial charge is 0.345 e. The van der Waals surface area contributed by atoms with Gasteiger partial charge in [0.05, 0.1) is 3.79 Å². The lowest BCUT2D eigenvalue weighted by atomic mass is 9.95. The quantitative estimate of drug-likeness (QED) is 0.872. The van der Waals surface area contributed by atoms with Crippen molar-refractivity contribution in [1.82, 2.24) is 4.31 Å². The van der Waals surface area contributed by atoms with E-state index in [0.717, 1.165) is 24.2 Å². The van der Waals surface area contributed by atoms with E-state index in [1.807, 2.05) is 6.92 Å². The number of carbonyl (C=O) groups is 1. The molecule has 1 aliphatic rings. The zero-order chi connectivity index (χ0) is 15.1. The molecule has 8 heteroatoms. The fraction of sp³-hybridized carbons (Fsp3) is 0.583. The van der Waals surface area contributed by atoms with Crippen LogP contribution in [0.1, 0.15) is 36.4 Å². The van der Waals surface area contributed by atoms with Crippen molar-refractivity contribution in [3.05, 3.63) is 14.7 Å². The fourth-order valence-corrected chi connectivity index (χ4v) is 6.51. The van der Waals surface area contributed by atoms with E-state index < -0.39 is 16.0 Å². The molecule has 2 heterocycles. The number of nitrogens with zero attached hydrogens (tertiary/aromatic N) is 1. The van der Waals surface area contributed by atoms with E-state index >= 15 is 0 Å². The Bertz CT molecular complexity index is 625. The maximum Gasteiger partial charge on any atom is 0.345 e. The molecule has 0 amide bonds. The molecule has 0 aliphatic carbocycles. The number of aromatic carboxylic acids is 1. The zero-order valence-electron chi connectivity index (χ0n) is 11.2. The molecule has 0 bridgehead atoms. The third-order valence-corrected chi connectivity index (χ3v) is 7.78. The van der Waals surface area contributed by atoms with Gasteiger partial charge in [0.15, 0.2) is 0 Å². The van der Waals surface area contributed by atoms with Crippen molar-refractivity contribution in [1.29, 1.82) is 0 Å². The van der Waals surface area contributed by atoms with Crippen LogP contribution in [0.15, 0.2) is 14.7 Å². The van der Waals surface area contributed by atoms with Crippen LogP contribution in [0.4, 0.5) is 0 Å². The number of hydrogen-bond acceptors (Lipinski definition) is 4. The van der Waals surface area contributed by atoms with Crippen LogP contribution in [0.3, 0.4) is 0 Å². The summed E-state index contributed by atoms with van der Waals surface area (Å²) < 4.78 is 27.2. The molecule has 2 rings (SSSR count). The van der Waals surface area contributed by atoms with Gasteiger partial charge in [-0.3, -0.25) is 0 Å². The molecular weight excluding hydrogens is 366 g/mol. The van der Waals surface area contributed by atoms with Gasteiger partial charge in [0.25, 0.3) is 0 Å². The Morgan fingerprint density at radius 2 is 2.15 bits per heavy atom. The average molecular weight is 382 g/mol. The van der Waals surface area contributed by atoms with Gasteiger partial charge in [0, 0.05) is 12.6 Å². The van der Waals surface area contributed by atoms with Gasteiger partial charge in [-0.2, -0.15) is 4.31 Å². The molecule has 0 saturated carbocycles. The molecule has 1 aromatic heterocycles. The molecule has 1 saturated heterocycles. The van der Waals surface area contributed by atoms with E-state index in [4.69, 9.17) is 5.11 Å². The molecule has 2 unspecified atom stereocenters. The van der Waals surface area contributed by atoms with Gasteiger partial charge in [-0.1, -0.05) is 6.92 Å². The summed E-state index contributed by atoms with van der Waals surface area (Å²) in [4.78, 5) is 11.0. The van der Waals surface area contributed by atoms with Gasteiger partial charge in [-0.05, 0) is 47.7 Å². The molecule has 0 spiro atoms. The summed E-state index contributed by atoms with van der Waals surface area (Å²) in [6, 6.07) is 1.17. The number of hydrogen-bond donors (Lipinski definition) is 1. The molecule has 2 atom stereocenters. The highest BCUT2D eigenvalue weighted by molar-refractivity contribution is 9.11. The Balaban J connectivity index is 2.37. The lowest BCUT2D eigenvalue weighted by Crippen LogP contribution is -2.44. The highest BCUT2D eigenvalue weighted by atomic mass is 79.9. The number of piperidine rings is 1. The Kier molecular flexibility index (Phi) is 4.58. The topological polar surface area (TPSA) is 74.7 Å². The highest BCUT2D eigenvalue weighted by Gasteiger charge is 2.35. The second kappa shape index (κ2) is 5.75. The monoisotopic (exact) mass is 381 g/mol. The predicted octanol–water partition coefficient (Wildman–Crippen LogP) is 3.02. The molecule has 5 nitrogen and oxygen atoms in total. The van der Waals surface area contributed by atoms with Crippen LogP contribution in [0.5, 0.6) is 0 Å². The lowest BCUT2D eigenvalue weighted by Gasteiger charge is -2.35. The molecule has 112 valence electrons.